The Kier molecular flexibility index (Phi) is 5.76. The fraction of sp³-hybridized carbons (Fsp3) is 0. The summed E-state index contributed by atoms with van der Waals surface area (Å²) in [6.07, 6.45) is 1.87. The maximum absolute atomic E-state index is 5.19. The number of pyridine rings is 2. The van der Waals surface area contributed by atoms with Crippen LogP contribution in [0.1, 0.15) is 0 Å². The van der Waals surface area contributed by atoms with Gasteiger partial charge < -0.3 is 0 Å². The quantitative estimate of drug-likeness (QED) is 0.120. The van der Waals surface area contributed by atoms with Gasteiger partial charge in [-0.2, -0.15) is 0 Å². The molecule has 0 saturated heterocycles. The van der Waals surface area contributed by atoms with E-state index in [0.29, 0.717) is 0 Å². The van der Waals surface area contributed by atoms with Crippen molar-refractivity contribution in [3.8, 4) is 11.1 Å². The first-order valence-electron chi connectivity index (χ1n) is 13.6. The van der Waals surface area contributed by atoms with E-state index in [4.69, 9.17) is 9.97 Å². The Labute approximate surface area is 245 Å². The second-order valence-corrected chi connectivity index (χ2v) is 16.4. The van der Waals surface area contributed by atoms with Crippen molar-refractivity contribution < 1.29 is 0 Å². The zero-order chi connectivity index (χ0) is 27.4. The molecule has 0 unspecified atom stereocenters. The molecule has 3 heterocycles. The average Bonchev–Trinajstić information content (AvgIpc) is 3.45. The van der Waals surface area contributed by atoms with Crippen LogP contribution in [0.4, 0.5) is 0 Å². The summed E-state index contributed by atoms with van der Waals surface area (Å²) in [6, 6.07) is 49.9. The van der Waals surface area contributed by atoms with E-state index in [1.807, 2.05) is 12.3 Å². The second-order valence-electron chi connectivity index (χ2n) is 10.2. The van der Waals surface area contributed by atoms with Crippen LogP contribution in [-0.2, 0) is 0 Å². The first-order chi connectivity index (χ1) is 20.2. The van der Waals surface area contributed by atoms with E-state index in [1.165, 1.54) is 27.0 Å². The Balaban J connectivity index is 1.49. The Bertz CT molecular complexity index is 2230. The minimum atomic E-state index is -2.03. The third-order valence-electron chi connectivity index (χ3n) is 7.89. The van der Waals surface area contributed by atoms with E-state index in [2.05, 4.69) is 153 Å². The van der Waals surface area contributed by atoms with E-state index in [1.54, 1.807) is 0 Å². The molecule has 3 aromatic heterocycles. The molecule has 0 aliphatic rings. The zero-order valence-electron chi connectivity index (χ0n) is 22.1. The van der Waals surface area contributed by atoms with Crippen molar-refractivity contribution in [1.82, 2.24) is 14.4 Å². The summed E-state index contributed by atoms with van der Waals surface area (Å²) in [6.45, 7) is 0. The first-order valence-corrected chi connectivity index (χ1v) is 17.6. The van der Waals surface area contributed by atoms with Gasteiger partial charge in [-0.25, -0.2) is 0 Å². The summed E-state index contributed by atoms with van der Waals surface area (Å²) in [7, 11) is 0. The monoisotopic (exact) mass is 609 g/mol. The fourth-order valence-electron chi connectivity index (χ4n) is 5.93. The van der Waals surface area contributed by atoms with Crippen LogP contribution >= 0.6 is 5.51 Å². The third-order valence-corrected chi connectivity index (χ3v) is 14.9. The number of benzene rings is 5. The van der Waals surface area contributed by atoms with Crippen LogP contribution in [0, 0.1) is 0 Å². The Hall–Kier alpha value is -4.33. The normalized spacial score (nSPS) is 12.0. The SMILES string of the molecule is [Se]=P(c1ccccc1)(c1ccccc1)c1ccc2nc3c4cccnc4c4ccc(-c5ccccc5)cc4n3c2c1. The second kappa shape index (κ2) is 9.65. The summed E-state index contributed by atoms with van der Waals surface area (Å²) in [5, 5.41) is 6.08. The number of hydrogen-bond donors (Lipinski definition) is 0. The molecule has 0 amide bonds. The van der Waals surface area contributed by atoms with Gasteiger partial charge in [0.15, 0.2) is 0 Å². The van der Waals surface area contributed by atoms with Crippen LogP contribution in [0.3, 0.4) is 0 Å². The molecule has 0 saturated carbocycles. The van der Waals surface area contributed by atoms with E-state index < -0.39 is 5.51 Å². The molecule has 0 aliphatic carbocycles. The van der Waals surface area contributed by atoms with Crippen LogP contribution in [0.5, 0.6) is 0 Å². The van der Waals surface area contributed by atoms with Crippen molar-refractivity contribution in [2.75, 3.05) is 0 Å². The van der Waals surface area contributed by atoms with Gasteiger partial charge in [0.1, 0.15) is 0 Å². The van der Waals surface area contributed by atoms with Crippen molar-refractivity contribution in [3.05, 3.63) is 146 Å². The maximum atomic E-state index is 5.19. The van der Waals surface area contributed by atoms with Gasteiger partial charge in [0, 0.05) is 0 Å². The van der Waals surface area contributed by atoms with Crippen LogP contribution in [0.25, 0.3) is 49.6 Å². The minimum absolute atomic E-state index is 0.932. The molecule has 0 fully saturated rings. The Morgan fingerprint density at radius 2 is 1.22 bits per heavy atom. The van der Waals surface area contributed by atoms with Crippen LogP contribution in [-0.4, -0.2) is 29.5 Å². The van der Waals surface area contributed by atoms with Gasteiger partial charge in [-0.05, 0) is 0 Å². The van der Waals surface area contributed by atoms with E-state index in [9.17, 15) is 0 Å². The standard InChI is InChI=1S/C36H24N3PSe/c41-40(27-13-6-2-7-14-27,28-15-8-3-9-16-28)29-19-21-32-34(24-29)39-33-23-26(25-11-4-1-5-12-25)18-20-30(33)35-31(36(39)38-32)17-10-22-37-35/h1-24H. The topological polar surface area (TPSA) is 30.2 Å². The molecule has 5 aromatic carbocycles. The van der Waals surface area contributed by atoms with Gasteiger partial charge in [-0.15, -0.1) is 0 Å². The molecular weight excluding hydrogens is 584 g/mol. The molecule has 0 N–H and O–H groups in total. The van der Waals surface area contributed by atoms with Gasteiger partial charge in [0.25, 0.3) is 0 Å². The molecule has 0 spiro atoms. The Morgan fingerprint density at radius 1 is 0.537 bits per heavy atom. The first kappa shape index (κ1) is 24.5. The molecule has 5 heteroatoms. The van der Waals surface area contributed by atoms with E-state index >= 15 is 0 Å². The zero-order valence-corrected chi connectivity index (χ0v) is 24.7. The molecule has 0 radical (unpaired) electrons. The molecule has 8 rings (SSSR count). The molecule has 0 atom stereocenters. The number of fused-ring (bicyclic) bond motifs is 8. The molecule has 0 bridgehead atoms. The van der Waals surface area contributed by atoms with Gasteiger partial charge >= 0.3 is 246 Å². The number of nitrogens with zero attached hydrogens (tertiary/aromatic N) is 3. The van der Waals surface area contributed by atoms with Crippen LogP contribution in [0.15, 0.2) is 146 Å². The molecule has 3 nitrogen and oxygen atoms in total. The fourth-order valence-corrected chi connectivity index (χ4v) is 10.8. The van der Waals surface area contributed by atoms with E-state index in [0.717, 1.165) is 38.5 Å². The molecule has 0 aliphatic heterocycles. The average molecular weight is 609 g/mol. The van der Waals surface area contributed by atoms with Crippen molar-refractivity contribution in [2.45, 2.75) is 0 Å². The summed E-state index contributed by atoms with van der Waals surface area (Å²) >= 11 is 3.71. The van der Waals surface area contributed by atoms with Crippen LogP contribution in [0.2, 0.25) is 0 Å². The molecular formula is C36H24N3PSe. The molecule has 194 valence electrons. The number of imidazole rings is 1. The predicted molar refractivity (Wildman–Crippen MR) is 175 cm³/mol. The molecule has 8 aromatic rings. The summed E-state index contributed by atoms with van der Waals surface area (Å²) in [5.74, 6) is 0. The number of aromatic nitrogens is 3. The van der Waals surface area contributed by atoms with Gasteiger partial charge in [0.05, 0.1) is 0 Å². The van der Waals surface area contributed by atoms with Gasteiger partial charge in [-0.1, -0.05) is 0 Å². The third kappa shape index (κ3) is 3.84. The van der Waals surface area contributed by atoms with Crippen molar-refractivity contribution in [2.24, 2.45) is 0 Å². The van der Waals surface area contributed by atoms with E-state index in [-0.39, 0.29) is 0 Å². The molecule has 41 heavy (non-hydrogen) atoms. The summed E-state index contributed by atoms with van der Waals surface area (Å²) in [5.41, 5.74) is 5.43. The van der Waals surface area contributed by atoms with Crippen molar-refractivity contribution >= 4 is 75.0 Å². The predicted octanol–water partition coefficient (Wildman–Crippen LogP) is 7.23. The Morgan fingerprint density at radius 3 is 1.93 bits per heavy atom. The summed E-state index contributed by atoms with van der Waals surface area (Å²) < 4.78 is 2.34. The van der Waals surface area contributed by atoms with Crippen molar-refractivity contribution in [1.29, 1.82) is 0 Å². The van der Waals surface area contributed by atoms with Gasteiger partial charge in [0.2, 0.25) is 0 Å². The summed E-state index contributed by atoms with van der Waals surface area (Å²) in [4.78, 5) is 10.0. The number of hydrogen-bond acceptors (Lipinski definition) is 2. The number of rotatable bonds is 4. The van der Waals surface area contributed by atoms with Crippen molar-refractivity contribution in [3.63, 3.8) is 0 Å². The van der Waals surface area contributed by atoms with Crippen LogP contribution < -0.4 is 15.9 Å². The van der Waals surface area contributed by atoms with Gasteiger partial charge in [-0.3, -0.25) is 0 Å².